The number of rotatable bonds is 6. The molecule has 1 fully saturated rings. The molecular formula is C18H24N4O2. The first-order chi connectivity index (χ1) is 11.7. The summed E-state index contributed by atoms with van der Waals surface area (Å²) in [5, 5.41) is 7.20. The maximum Gasteiger partial charge on any atom is 0.238 e. The van der Waals surface area contributed by atoms with E-state index in [1.54, 1.807) is 7.11 Å². The van der Waals surface area contributed by atoms with Crippen molar-refractivity contribution in [3.63, 3.8) is 0 Å². The minimum absolute atomic E-state index is 0.0330. The van der Waals surface area contributed by atoms with Crippen LogP contribution >= 0.6 is 0 Å². The van der Waals surface area contributed by atoms with Crippen LogP contribution in [0.1, 0.15) is 12.8 Å². The van der Waals surface area contributed by atoms with Gasteiger partial charge in [-0.3, -0.25) is 14.4 Å². The van der Waals surface area contributed by atoms with Gasteiger partial charge in [0.1, 0.15) is 5.75 Å². The van der Waals surface area contributed by atoms with E-state index in [-0.39, 0.29) is 5.91 Å². The summed E-state index contributed by atoms with van der Waals surface area (Å²) < 4.78 is 7.11. The molecule has 1 amide bonds. The van der Waals surface area contributed by atoms with Gasteiger partial charge in [-0.05, 0) is 62.2 Å². The summed E-state index contributed by atoms with van der Waals surface area (Å²) in [4.78, 5) is 14.4. The zero-order valence-corrected chi connectivity index (χ0v) is 14.0. The second-order valence-corrected chi connectivity index (χ2v) is 6.22. The number of amides is 1. The van der Waals surface area contributed by atoms with E-state index in [1.165, 1.54) is 0 Å². The highest BCUT2D eigenvalue weighted by Gasteiger charge is 2.21. The van der Waals surface area contributed by atoms with Gasteiger partial charge in [0.15, 0.2) is 0 Å². The Bertz CT molecular complexity index is 632. The van der Waals surface area contributed by atoms with Gasteiger partial charge in [0.05, 0.1) is 13.7 Å². The fraction of sp³-hybridized carbons (Fsp3) is 0.444. The molecule has 0 saturated carbocycles. The average molecular weight is 328 g/mol. The largest absolute Gasteiger partial charge is 0.497 e. The molecule has 0 atom stereocenters. The SMILES string of the molecule is COc1ccc(NC(=O)CN2CCC(Cn3cccn3)CC2)cc1. The van der Waals surface area contributed by atoms with Crippen molar-refractivity contribution in [1.29, 1.82) is 0 Å². The highest BCUT2D eigenvalue weighted by atomic mass is 16.5. The Balaban J connectivity index is 1.41. The molecule has 1 aliphatic rings. The zero-order chi connectivity index (χ0) is 16.8. The van der Waals surface area contributed by atoms with Gasteiger partial charge >= 0.3 is 0 Å². The van der Waals surface area contributed by atoms with Crippen LogP contribution in [0, 0.1) is 5.92 Å². The van der Waals surface area contributed by atoms with Crippen LogP contribution in [0.25, 0.3) is 0 Å². The molecule has 1 aromatic heterocycles. The molecule has 0 unspecified atom stereocenters. The molecule has 24 heavy (non-hydrogen) atoms. The molecule has 128 valence electrons. The third kappa shape index (κ3) is 4.58. The first kappa shape index (κ1) is 16.5. The predicted octanol–water partition coefficient (Wildman–Crippen LogP) is 2.24. The van der Waals surface area contributed by atoms with E-state index in [0.29, 0.717) is 12.5 Å². The van der Waals surface area contributed by atoms with Crippen LogP contribution in [0.5, 0.6) is 5.75 Å². The van der Waals surface area contributed by atoms with Crippen LogP contribution in [0.2, 0.25) is 0 Å². The van der Waals surface area contributed by atoms with Gasteiger partial charge < -0.3 is 10.1 Å². The number of hydrogen-bond donors (Lipinski definition) is 1. The maximum absolute atomic E-state index is 12.2. The molecule has 0 aliphatic carbocycles. The lowest BCUT2D eigenvalue weighted by atomic mass is 9.97. The van der Waals surface area contributed by atoms with Gasteiger partial charge in [-0.1, -0.05) is 0 Å². The van der Waals surface area contributed by atoms with Gasteiger partial charge in [-0.15, -0.1) is 0 Å². The predicted molar refractivity (Wildman–Crippen MR) is 93.0 cm³/mol. The number of carbonyl (C=O) groups excluding carboxylic acids is 1. The fourth-order valence-electron chi connectivity index (χ4n) is 3.08. The molecule has 0 bridgehead atoms. The average Bonchev–Trinajstić information content (AvgIpc) is 3.10. The highest BCUT2D eigenvalue weighted by molar-refractivity contribution is 5.92. The third-order valence-electron chi connectivity index (χ3n) is 4.45. The van der Waals surface area contributed by atoms with Gasteiger partial charge in [0, 0.05) is 24.6 Å². The van der Waals surface area contributed by atoms with Crippen LogP contribution in [0.4, 0.5) is 5.69 Å². The molecule has 2 aromatic rings. The molecule has 1 N–H and O–H groups in total. The molecule has 1 saturated heterocycles. The Morgan fingerprint density at radius 2 is 2.04 bits per heavy atom. The molecule has 1 aromatic carbocycles. The lowest BCUT2D eigenvalue weighted by Gasteiger charge is -2.31. The summed E-state index contributed by atoms with van der Waals surface area (Å²) in [6.07, 6.45) is 6.04. The van der Waals surface area contributed by atoms with Crippen LogP contribution in [-0.4, -0.2) is 47.3 Å². The number of ether oxygens (including phenoxy) is 1. The van der Waals surface area contributed by atoms with E-state index < -0.39 is 0 Å². The summed E-state index contributed by atoms with van der Waals surface area (Å²) in [6, 6.07) is 9.35. The lowest BCUT2D eigenvalue weighted by molar-refractivity contribution is -0.117. The number of methoxy groups -OCH3 is 1. The van der Waals surface area contributed by atoms with Crippen LogP contribution < -0.4 is 10.1 Å². The number of anilines is 1. The van der Waals surface area contributed by atoms with Gasteiger partial charge in [-0.25, -0.2) is 0 Å². The number of carbonyl (C=O) groups is 1. The Labute approximate surface area is 142 Å². The van der Waals surface area contributed by atoms with E-state index in [9.17, 15) is 4.79 Å². The molecule has 1 aliphatic heterocycles. The van der Waals surface area contributed by atoms with Crippen LogP contribution in [0.3, 0.4) is 0 Å². The Morgan fingerprint density at radius 3 is 2.67 bits per heavy atom. The minimum Gasteiger partial charge on any atom is -0.497 e. The number of piperidine rings is 1. The second-order valence-electron chi connectivity index (χ2n) is 6.22. The Hall–Kier alpha value is -2.34. The summed E-state index contributed by atoms with van der Waals surface area (Å²) in [5.41, 5.74) is 0.800. The quantitative estimate of drug-likeness (QED) is 0.883. The summed E-state index contributed by atoms with van der Waals surface area (Å²) in [7, 11) is 1.63. The number of nitrogens with one attached hydrogen (secondary N) is 1. The van der Waals surface area contributed by atoms with E-state index in [1.807, 2.05) is 47.4 Å². The molecule has 2 heterocycles. The topological polar surface area (TPSA) is 59.4 Å². The molecule has 3 rings (SSSR count). The lowest BCUT2D eigenvalue weighted by Crippen LogP contribution is -2.40. The number of nitrogens with zero attached hydrogens (tertiary/aromatic N) is 3. The van der Waals surface area contributed by atoms with Crippen molar-refractivity contribution in [3.8, 4) is 5.75 Å². The standard InChI is InChI=1S/C18H24N4O2/c1-24-17-5-3-16(4-6-17)20-18(23)14-21-11-7-15(8-12-21)13-22-10-2-9-19-22/h2-6,9-10,15H,7-8,11-14H2,1H3,(H,20,23). The molecule has 0 radical (unpaired) electrons. The van der Waals surface area contributed by atoms with Crippen molar-refractivity contribution in [2.24, 2.45) is 5.92 Å². The normalized spacial score (nSPS) is 16.0. The smallest absolute Gasteiger partial charge is 0.238 e. The maximum atomic E-state index is 12.2. The van der Waals surface area contributed by atoms with Crippen molar-refractivity contribution >= 4 is 11.6 Å². The molecule has 6 heteroatoms. The molecule has 6 nitrogen and oxygen atoms in total. The minimum atomic E-state index is 0.0330. The highest BCUT2D eigenvalue weighted by Crippen LogP contribution is 2.19. The van der Waals surface area contributed by atoms with Crippen LogP contribution in [0.15, 0.2) is 42.7 Å². The third-order valence-corrected chi connectivity index (χ3v) is 4.45. The number of aromatic nitrogens is 2. The molecule has 0 spiro atoms. The number of likely N-dealkylation sites (tertiary alicyclic amines) is 1. The number of hydrogen-bond acceptors (Lipinski definition) is 4. The van der Waals surface area contributed by atoms with Crippen molar-refractivity contribution in [2.75, 3.05) is 32.1 Å². The van der Waals surface area contributed by atoms with E-state index in [2.05, 4.69) is 15.3 Å². The van der Waals surface area contributed by atoms with Crippen molar-refractivity contribution in [3.05, 3.63) is 42.7 Å². The van der Waals surface area contributed by atoms with E-state index in [4.69, 9.17) is 4.74 Å². The van der Waals surface area contributed by atoms with Gasteiger partial charge in [0.25, 0.3) is 0 Å². The Morgan fingerprint density at radius 1 is 1.29 bits per heavy atom. The number of benzene rings is 1. The molecular weight excluding hydrogens is 304 g/mol. The van der Waals surface area contributed by atoms with E-state index in [0.717, 1.165) is 43.9 Å². The van der Waals surface area contributed by atoms with Gasteiger partial charge in [0.2, 0.25) is 5.91 Å². The summed E-state index contributed by atoms with van der Waals surface area (Å²) in [5.74, 6) is 1.46. The monoisotopic (exact) mass is 328 g/mol. The van der Waals surface area contributed by atoms with Crippen LogP contribution in [-0.2, 0) is 11.3 Å². The second kappa shape index (κ2) is 7.97. The van der Waals surface area contributed by atoms with E-state index >= 15 is 0 Å². The van der Waals surface area contributed by atoms with Gasteiger partial charge in [-0.2, -0.15) is 5.10 Å². The summed E-state index contributed by atoms with van der Waals surface area (Å²) >= 11 is 0. The first-order valence-electron chi connectivity index (χ1n) is 8.36. The Kier molecular flexibility index (Phi) is 5.48. The van der Waals surface area contributed by atoms with Crippen molar-refractivity contribution in [1.82, 2.24) is 14.7 Å². The van der Waals surface area contributed by atoms with Crippen molar-refractivity contribution < 1.29 is 9.53 Å². The summed E-state index contributed by atoms with van der Waals surface area (Å²) in [6.45, 7) is 3.34. The zero-order valence-electron chi connectivity index (χ0n) is 14.0. The van der Waals surface area contributed by atoms with Crippen molar-refractivity contribution in [2.45, 2.75) is 19.4 Å². The first-order valence-corrected chi connectivity index (χ1v) is 8.36. The fourth-order valence-corrected chi connectivity index (χ4v) is 3.08.